The number of alkyl halides is 3. The number of hydrogen-bond acceptors (Lipinski definition) is 8. The molecule has 5 rings (SSSR count). The van der Waals surface area contributed by atoms with Gasteiger partial charge in [0.1, 0.15) is 11.4 Å². The summed E-state index contributed by atoms with van der Waals surface area (Å²) in [6, 6.07) is 6.75. The van der Waals surface area contributed by atoms with Crippen LogP contribution in [0.2, 0.25) is 0 Å². The van der Waals surface area contributed by atoms with Crippen molar-refractivity contribution in [2.24, 2.45) is 0 Å². The molecule has 1 saturated carbocycles. The molecule has 1 spiro atoms. The minimum absolute atomic E-state index is 0.0198. The maximum absolute atomic E-state index is 13.5. The lowest BCUT2D eigenvalue weighted by molar-refractivity contribution is -0.120. The number of pyridine rings is 1. The van der Waals surface area contributed by atoms with E-state index in [1.807, 2.05) is 6.07 Å². The molecule has 2 aromatic rings. The smallest absolute Gasteiger partial charge is 0.356 e. The third kappa shape index (κ3) is 5.52. The second-order valence-corrected chi connectivity index (χ2v) is 12.7. The maximum atomic E-state index is 13.5. The number of anilines is 2. The van der Waals surface area contributed by atoms with E-state index in [1.54, 1.807) is 12.3 Å². The van der Waals surface area contributed by atoms with Crippen LogP contribution in [0, 0.1) is 0 Å². The lowest BCUT2D eigenvalue weighted by Crippen LogP contribution is -2.47. The number of hydrogen-bond donors (Lipinski definition) is 0. The average molecular weight is 595 g/mol. The highest BCUT2D eigenvalue weighted by Crippen LogP contribution is 2.50. The quantitative estimate of drug-likeness (QED) is 0.409. The van der Waals surface area contributed by atoms with E-state index in [4.69, 9.17) is 0 Å². The second-order valence-electron chi connectivity index (χ2n) is 10.7. The predicted molar refractivity (Wildman–Crippen MR) is 146 cm³/mol. The van der Waals surface area contributed by atoms with Crippen molar-refractivity contribution in [2.75, 3.05) is 62.7 Å². The third-order valence-electron chi connectivity index (χ3n) is 8.11. The van der Waals surface area contributed by atoms with Gasteiger partial charge in [-0.3, -0.25) is 9.69 Å². The van der Waals surface area contributed by atoms with Gasteiger partial charge >= 0.3 is 11.5 Å². The summed E-state index contributed by atoms with van der Waals surface area (Å²) in [5.41, 5.74) is -5.65. The van der Waals surface area contributed by atoms with E-state index in [0.717, 1.165) is 86.4 Å². The van der Waals surface area contributed by atoms with E-state index >= 15 is 0 Å². The maximum Gasteiger partial charge on any atom is 0.501 e. The van der Waals surface area contributed by atoms with Crippen LogP contribution in [0.15, 0.2) is 47.5 Å². The molecule has 2 saturated heterocycles. The zero-order valence-corrected chi connectivity index (χ0v) is 23.8. The summed E-state index contributed by atoms with van der Waals surface area (Å²) in [7, 11) is -3.42. The zero-order valence-electron chi connectivity index (χ0n) is 23.0. The number of urea groups is 1. The number of carbonyl (C=O) groups excluding carboxylic acids is 2. The average Bonchev–Trinajstić information content (AvgIpc) is 3.72. The SMILES string of the molecule is CCN(CCN1CCN(C)CC1)c1cc(CN2C(=O)N(c3ccc(S(=O)(=O)C(F)(F)F)cc3)C(=O)C23CC3)ccn1. The van der Waals surface area contributed by atoms with Crippen LogP contribution < -0.4 is 9.80 Å². The molecule has 0 atom stereocenters. The first-order chi connectivity index (χ1) is 19.4. The molecule has 0 N–H and O–H groups in total. The largest absolute Gasteiger partial charge is 0.501 e. The van der Waals surface area contributed by atoms with Gasteiger partial charge in [0.15, 0.2) is 0 Å². The minimum atomic E-state index is -5.55. The van der Waals surface area contributed by atoms with Crippen molar-refractivity contribution in [2.45, 2.75) is 42.3 Å². The van der Waals surface area contributed by atoms with Gasteiger partial charge < -0.3 is 14.7 Å². The van der Waals surface area contributed by atoms with Crippen LogP contribution in [0.3, 0.4) is 0 Å². The van der Waals surface area contributed by atoms with Crippen LogP contribution in [-0.2, 0) is 21.2 Å². The molecule has 1 aromatic carbocycles. The molecule has 222 valence electrons. The number of halogens is 3. The van der Waals surface area contributed by atoms with E-state index in [-0.39, 0.29) is 12.2 Å². The van der Waals surface area contributed by atoms with Crippen molar-refractivity contribution in [1.29, 1.82) is 0 Å². The number of likely N-dealkylation sites (N-methyl/N-ethyl adjacent to an activating group) is 2. The number of amides is 3. The number of benzene rings is 1. The van der Waals surface area contributed by atoms with Crippen LogP contribution in [0.1, 0.15) is 25.3 Å². The number of aromatic nitrogens is 1. The van der Waals surface area contributed by atoms with Gasteiger partial charge in [-0.15, -0.1) is 0 Å². The fourth-order valence-corrected chi connectivity index (χ4v) is 6.12. The standard InChI is InChI=1S/C27H33F3N6O4S/c1-3-34(17-16-33-14-12-32(2)13-15-33)23-18-20(8-11-31-23)19-35-25(38)36(24(37)26(35)9-10-26)21-4-6-22(7-5-21)41(39,40)27(28,29)30/h4-8,11,18H,3,9-10,12-17,19H2,1-2H3. The highest BCUT2D eigenvalue weighted by atomic mass is 32.2. The Morgan fingerprint density at radius 1 is 1.02 bits per heavy atom. The molecule has 3 heterocycles. The van der Waals surface area contributed by atoms with Crippen LogP contribution in [0.5, 0.6) is 0 Å². The molecule has 0 unspecified atom stereocenters. The molecular formula is C27H33F3N6O4S. The Bertz CT molecular complexity index is 1410. The van der Waals surface area contributed by atoms with Gasteiger partial charge in [-0.2, -0.15) is 13.2 Å². The fraction of sp³-hybridized carbons (Fsp3) is 0.519. The summed E-state index contributed by atoms with van der Waals surface area (Å²) < 4.78 is 62.2. The molecule has 2 aliphatic heterocycles. The van der Waals surface area contributed by atoms with Crippen molar-refractivity contribution >= 4 is 33.3 Å². The number of nitrogens with zero attached hydrogens (tertiary/aromatic N) is 6. The molecule has 0 radical (unpaired) electrons. The van der Waals surface area contributed by atoms with E-state index < -0.39 is 37.7 Å². The normalized spacial score (nSPS) is 19.8. The highest BCUT2D eigenvalue weighted by Gasteiger charge is 2.65. The summed E-state index contributed by atoms with van der Waals surface area (Å²) >= 11 is 0. The van der Waals surface area contributed by atoms with E-state index in [0.29, 0.717) is 12.8 Å². The minimum Gasteiger partial charge on any atom is -0.356 e. The van der Waals surface area contributed by atoms with Gasteiger partial charge in [0, 0.05) is 58.6 Å². The molecule has 3 fully saturated rings. The van der Waals surface area contributed by atoms with Crippen LogP contribution >= 0.6 is 0 Å². The lowest BCUT2D eigenvalue weighted by Gasteiger charge is -2.34. The predicted octanol–water partition coefficient (Wildman–Crippen LogP) is 2.95. The second kappa shape index (κ2) is 10.9. The number of imide groups is 1. The Morgan fingerprint density at radius 2 is 1.68 bits per heavy atom. The number of rotatable bonds is 9. The van der Waals surface area contributed by atoms with Crippen LogP contribution in [0.25, 0.3) is 0 Å². The first-order valence-corrected chi connectivity index (χ1v) is 15.0. The van der Waals surface area contributed by atoms with E-state index in [1.165, 1.54) is 4.90 Å². The van der Waals surface area contributed by atoms with Crippen molar-refractivity contribution < 1.29 is 31.2 Å². The van der Waals surface area contributed by atoms with E-state index in [9.17, 15) is 31.2 Å². The van der Waals surface area contributed by atoms with Crippen molar-refractivity contribution in [3.05, 3.63) is 48.2 Å². The zero-order chi connectivity index (χ0) is 29.6. The fourth-order valence-electron chi connectivity index (χ4n) is 5.35. The number of carbonyl (C=O) groups is 2. The van der Waals surface area contributed by atoms with Gasteiger partial charge in [0.05, 0.1) is 10.6 Å². The molecule has 14 heteroatoms. The lowest BCUT2D eigenvalue weighted by atomic mass is 10.2. The Morgan fingerprint density at radius 3 is 2.27 bits per heavy atom. The molecule has 3 amide bonds. The molecule has 0 bridgehead atoms. The topological polar surface area (TPSA) is 97.4 Å². The van der Waals surface area contributed by atoms with E-state index in [2.05, 4.69) is 33.7 Å². The third-order valence-corrected chi connectivity index (χ3v) is 9.61. The summed E-state index contributed by atoms with van der Waals surface area (Å²) in [6.07, 6.45) is 2.63. The van der Waals surface area contributed by atoms with Crippen LogP contribution in [0.4, 0.5) is 29.5 Å². The first-order valence-electron chi connectivity index (χ1n) is 13.6. The molecule has 41 heavy (non-hydrogen) atoms. The Balaban J connectivity index is 1.30. The van der Waals surface area contributed by atoms with Gasteiger partial charge in [0.25, 0.3) is 15.7 Å². The Hall–Kier alpha value is -3.23. The Kier molecular flexibility index (Phi) is 7.76. The molecule has 1 aromatic heterocycles. The van der Waals surface area contributed by atoms with Gasteiger partial charge in [-0.1, -0.05) is 0 Å². The van der Waals surface area contributed by atoms with Gasteiger partial charge in [-0.25, -0.2) is 23.1 Å². The monoisotopic (exact) mass is 594 g/mol. The summed E-state index contributed by atoms with van der Waals surface area (Å²) in [6.45, 7) is 8.80. The summed E-state index contributed by atoms with van der Waals surface area (Å²) in [4.78, 5) is 39.8. The van der Waals surface area contributed by atoms with Crippen molar-refractivity contribution in [3.63, 3.8) is 0 Å². The molecule has 3 aliphatic rings. The van der Waals surface area contributed by atoms with Crippen molar-refractivity contribution in [3.8, 4) is 0 Å². The van der Waals surface area contributed by atoms with Crippen LogP contribution in [-0.4, -0.2) is 104 Å². The molecule has 1 aliphatic carbocycles. The summed E-state index contributed by atoms with van der Waals surface area (Å²) in [5.74, 6) is 0.311. The summed E-state index contributed by atoms with van der Waals surface area (Å²) in [5, 5.41) is 0. The highest BCUT2D eigenvalue weighted by molar-refractivity contribution is 7.92. The van der Waals surface area contributed by atoms with Gasteiger partial charge in [-0.05, 0) is 68.8 Å². The van der Waals surface area contributed by atoms with Gasteiger partial charge in [0.2, 0.25) is 0 Å². The number of piperazine rings is 1. The molecule has 10 nitrogen and oxygen atoms in total. The number of sulfone groups is 1. The van der Waals surface area contributed by atoms with Crippen molar-refractivity contribution in [1.82, 2.24) is 19.7 Å². The molecular weight excluding hydrogens is 561 g/mol. The first kappa shape index (κ1) is 29.3. The Labute approximate surface area is 237 Å².